The second-order valence-corrected chi connectivity index (χ2v) is 2.44. The Balaban J connectivity index is 0. The summed E-state index contributed by atoms with van der Waals surface area (Å²) in [4.78, 5) is 3.93. The molecule has 0 aliphatic rings. The van der Waals surface area contributed by atoms with Gasteiger partial charge in [-0.2, -0.15) is 0 Å². The molecule has 1 aromatic heterocycles. The van der Waals surface area contributed by atoms with Crippen LogP contribution in [0.3, 0.4) is 0 Å². The first-order valence-electron chi connectivity index (χ1n) is 3.20. The van der Waals surface area contributed by atoms with Crippen molar-refractivity contribution in [3.63, 3.8) is 0 Å². The Morgan fingerprint density at radius 1 is 1.18 bits per heavy atom. The van der Waals surface area contributed by atoms with Crippen LogP contribution < -0.4 is 0 Å². The summed E-state index contributed by atoms with van der Waals surface area (Å²) in [6, 6.07) is 4.09. The fraction of sp³-hybridized carbons (Fsp3) is 0.333. The van der Waals surface area contributed by atoms with Crippen LogP contribution >= 0.6 is 0 Å². The van der Waals surface area contributed by atoms with Gasteiger partial charge in [0.25, 0.3) is 0 Å². The smallest absolute Gasteiger partial charge is 0.0270 e. The van der Waals surface area contributed by atoms with Crippen molar-refractivity contribution in [2.75, 3.05) is 0 Å². The van der Waals surface area contributed by atoms with Crippen LogP contribution in [0.15, 0.2) is 24.5 Å². The molecule has 1 rings (SSSR count). The summed E-state index contributed by atoms with van der Waals surface area (Å²) in [6.45, 7) is 4.35. The molecule has 1 heterocycles. The summed E-state index contributed by atoms with van der Waals surface area (Å²) in [5.74, 6) is 0.619. The van der Waals surface area contributed by atoms with Crippen molar-refractivity contribution in [2.45, 2.75) is 19.8 Å². The third-order valence-electron chi connectivity index (χ3n) is 1.37. The molecular weight excluding hydrogens is 211 g/mol. The average molecular weight is 225 g/mol. The molecule has 1 radical (unpaired) electrons. The minimum Gasteiger partial charge on any atom is -0.358 e. The number of nitrogens with zero attached hydrogens (tertiary/aromatic N) is 1. The number of hydrogen-bond acceptors (Lipinski definition) is 1. The van der Waals surface area contributed by atoms with Gasteiger partial charge in [-0.15, -0.1) is 0 Å². The van der Waals surface area contributed by atoms with Crippen LogP contribution in [0.1, 0.15) is 25.3 Å². The predicted octanol–water partition coefficient (Wildman–Crippen LogP) is 2.65. The van der Waals surface area contributed by atoms with Gasteiger partial charge in [0.2, 0.25) is 0 Å². The quantitative estimate of drug-likeness (QED) is 0.669. The van der Waals surface area contributed by atoms with Crippen LogP contribution in [0, 0.1) is 7.43 Å². The summed E-state index contributed by atoms with van der Waals surface area (Å²) in [6.07, 6.45) is 3.66. The number of pyridine rings is 1. The van der Waals surface area contributed by atoms with Gasteiger partial charge in [-0.05, 0) is 23.6 Å². The molecule has 0 saturated heterocycles. The zero-order chi connectivity index (χ0) is 6.69. The number of aromatic nitrogens is 1. The van der Waals surface area contributed by atoms with Gasteiger partial charge in [-0.3, -0.25) is 4.98 Å². The van der Waals surface area contributed by atoms with Gasteiger partial charge in [0.05, 0.1) is 0 Å². The minimum absolute atomic E-state index is 0. The van der Waals surface area contributed by atoms with Crippen LogP contribution in [0.2, 0.25) is 0 Å². The zero-order valence-electron chi connectivity index (χ0n) is 7.41. The Bertz CT molecular complexity index is 172. The molecule has 0 unspecified atom stereocenters. The van der Waals surface area contributed by atoms with Crippen LogP contribution in [0.5, 0.6) is 0 Å². The topological polar surface area (TPSA) is 12.9 Å². The van der Waals surface area contributed by atoms with E-state index in [4.69, 9.17) is 0 Å². The van der Waals surface area contributed by atoms with E-state index in [0.29, 0.717) is 5.92 Å². The zero-order valence-corrected chi connectivity index (χ0v) is 10.2. The molecule has 0 aliphatic carbocycles. The van der Waals surface area contributed by atoms with Gasteiger partial charge in [0, 0.05) is 45.1 Å². The molecule has 0 amide bonds. The monoisotopic (exact) mass is 225 g/mol. The second kappa shape index (κ2) is 6.93. The molecule has 0 aliphatic heterocycles. The molecule has 0 bridgehead atoms. The molecule has 1 nitrogen and oxygen atoms in total. The maximum absolute atomic E-state index is 3.93. The predicted molar refractivity (Wildman–Crippen MR) is 44.7 cm³/mol. The molecule has 1 aromatic rings. The molecule has 59 valence electrons. The molecule has 2 heteroatoms. The standard InChI is InChI=1S/C8H11N.CH3.Y/c1-7(2)8-3-5-9-6-4-8;;/h3-7H,1-2H3;1H3;/q;-1;. The van der Waals surface area contributed by atoms with Crippen LogP contribution in [-0.4, -0.2) is 4.98 Å². The van der Waals surface area contributed by atoms with E-state index in [1.807, 2.05) is 24.5 Å². The number of hydrogen-bond donors (Lipinski definition) is 0. The Kier molecular flexibility index (Phi) is 8.71. The average Bonchev–Trinajstić information content (AvgIpc) is 1.90. The van der Waals surface area contributed by atoms with Gasteiger partial charge >= 0.3 is 0 Å². The molecule has 0 fully saturated rings. The Morgan fingerprint density at radius 3 is 1.91 bits per heavy atom. The van der Waals surface area contributed by atoms with Crippen LogP contribution in [-0.2, 0) is 32.7 Å². The van der Waals surface area contributed by atoms with Crippen LogP contribution in [0.25, 0.3) is 0 Å². The van der Waals surface area contributed by atoms with Gasteiger partial charge < -0.3 is 7.43 Å². The van der Waals surface area contributed by atoms with Gasteiger partial charge in [-0.1, -0.05) is 13.8 Å². The molecule has 0 saturated carbocycles. The fourth-order valence-corrected chi connectivity index (χ4v) is 0.748. The van der Waals surface area contributed by atoms with E-state index in [1.54, 1.807) is 0 Å². The van der Waals surface area contributed by atoms with Crippen molar-refractivity contribution in [1.29, 1.82) is 0 Å². The first kappa shape index (κ1) is 13.8. The van der Waals surface area contributed by atoms with E-state index >= 15 is 0 Å². The van der Waals surface area contributed by atoms with E-state index in [9.17, 15) is 0 Å². The molecule has 0 N–H and O–H groups in total. The van der Waals surface area contributed by atoms with E-state index < -0.39 is 0 Å². The van der Waals surface area contributed by atoms with E-state index in [2.05, 4.69) is 18.8 Å². The molecule has 0 aromatic carbocycles. The maximum Gasteiger partial charge on any atom is 0.0270 e. The minimum atomic E-state index is 0. The fourth-order valence-electron chi connectivity index (χ4n) is 0.748. The third-order valence-corrected chi connectivity index (χ3v) is 1.37. The second-order valence-electron chi connectivity index (χ2n) is 2.44. The van der Waals surface area contributed by atoms with Crippen molar-refractivity contribution in [2.24, 2.45) is 0 Å². The molecule has 0 spiro atoms. The Hall–Kier alpha value is 0.254. The van der Waals surface area contributed by atoms with E-state index in [0.717, 1.165) is 0 Å². The Morgan fingerprint density at radius 2 is 1.64 bits per heavy atom. The SMILES string of the molecule is CC(C)c1ccncc1.[CH3-].[Y]. The van der Waals surface area contributed by atoms with Gasteiger partial charge in [-0.25, -0.2) is 0 Å². The van der Waals surface area contributed by atoms with Crippen LogP contribution in [0.4, 0.5) is 0 Å². The first-order valence-corrected chi connectivity index (χ1v) is 3.20. The molecular formula is C9H14NY-. The van der Waals surface area contributed by atoms with Crippen molar-refractivity contribution in [3.05, 3.63) is 37.5 Å². The Labute approximate surface area is 94.5 Å². The van der Waals surface area contributed by atoms with Crippen molar-refractivity contribution in [1.82, 2.24) is 4.98 Å². The summed E-state index contributed by atoms with van der Waals surface area (Å²) in [5, 5.41) is 0. The van der Waals surface area contributed by atoms with Crippen molar-refractivity contribution < 1.29 is 32.7 Å². The first-order chi connectivity index (χ1) is 4.30. The molecule has 11 heavy (non-hydrogen) atoms. The van der Waals surface area contributed by atoms with Gasteiger partial charge in [0.1, 0.15) is 0 Å². The summed E-state index contributed by atoms with van der Waals surface area (Å²) >= 11 is 0. The normalized spacial score (nSPS) is 8.27. The van der Waals surface area contributed by atoms with Gasteiger partial charge in [0.15, 0.2) is 0 Å². The molecule has 0 atom stereocenters. The summed E-state index contributed by atoms with van der Waals surface area (Å²) in [5.41, 5.74) is 1.35. The summed E-state index contributed by atoms with van der Waals surface area (Å²) < 4.78 is 0. The van der Waals surface area contributed by atoms with E-state index in [-0.39, 0.29) is 40.1 Å². The van der Waals surface area contributed by atoms with Crippen molar-refractivity contribution >= 4 is 0 Å². The van der Waals surface area contributed by atoms with E-state index in [1.165, 1.54) is 5.56 Å². The van der Waals surface area contributed by atoms with Crippen molar-refractivity contribution in [3.8, 4) is 0 Å². The largest absolute Gasteiger partial charge is 0.358 e. The number of rotatable bonds is 1. The maximum atomic E-state index is 3.93. The summed E-state index contributed by atoms with van der Waals surface area (Å²) in [7, 11) is 0. The third kappa shape index (κ3) is 4.65.